The summed E-state index contributed by atoms with van der Waals surface area (Å²) in [4.78, 5) is 37.4. The molecule has 2 amide bonds. The minimum absolute atomic E-state index is 0.103. The van der Waals surface area contributed by atoms with Crippen LogP contribution in [0.1, 0.15) is 41.3 Å². The Labute approximate surface area is 195 Å². The number of carboxylic acid groups (broad SMARTS) is 1. The predicted octanol–water partition coefficient (Wildman–Crippen LogP) is 4.31. The summed E-state index contributed by atoms with van der Waals surface area (Å²) in [5.74, 6) is -1.83. The number of amides is 2. The molecule has 1 aliphatic rings. The van der Waals surface area contributed by atoms with Gasteiger partial charge in [0, 0.05) is 10.8 Å². The topological polar surface area (TPSA) is 105 Å². The third-order valence-electron chi connectivity index (χ3n) is 5.72. The molecule has 0 aliphatic heterocycles. The number of alkyl carbamates (subject to hydrolysis) is 1. The number of carbonyl (C=O) groups excluding carboxylic acids is 2. The summed E-state index contributed by atoms with van der Waals surface area (Å²) >= 11 is 1.29. The Morgan fingerprint density at radius 1 is 0.970 bits per heavy atom. The van der Waals surface area contributed by atoms with E-state index in [0.717, 1.165) is 22.3 Å². The molecule has 1 heterocycles. The number of carbonyl (C=O) groups is 3. The van der Waals surface area contributed by atoms with Gasteiger partial charge in [-0.25, -0.2) is 9.59 Å². The number of fused-ring (bicyclic) bond motifs is 3. The molecule has 3 aromatic rings. The minimum Gasteiger partial charge on any atom is -0.480 e. The molecule has 0 saturated heterocycles. The van der Waals surface area contributed by atoms with Crippen molar-refractivity contribution in [2.75, 3.05) is 6.61 Å². The predicted molar refractivity (Wildman–Crippen MR) is 125 cm³/mol. The number of ether oxygens (including phenoxy) is 1. The van der Waals surface area contributed by atoms with Gasteiger partial charge in [-0.3, -0.25) is 4.79 Å². The van der Waals surface area contributed by atoms with E-state index < -0.39 is 30.1 Å². The van der Waals surface area contributed by atoms with E-state index in [4.69, 9.17) is 4.74 Å². The molecule has 170 valence electrons. The second-order valence-corrected chi connectivity index (χ2v) is 8.71. The molecule has 0 spiro atoms. The van der Waals surface area contributed by atoms with Crippen LogP contribution in [-0.2, 0) is 14.3 Å². The van der Waals surface area contributed by atoms with Gasteiger partial charge in [0.15, 0.2) is 0 Å². The van der Waals surface area contributed by atoms with Crippen LogP contribution in [0.5, 0.6) is 0 Å². The van der Waals surface area contributed by atoms with E-state index in [-0.39, 0.29) is 18.9 Å². The van der Waals surface area contributed by atoms with E-state index in [9.17, 15) is 19.5 Å². The average molecular weight is 465 g/mol. The Hall–Kier alpha value is -3.65. The van der Waals surface area contributed by atoms with Crippen LogP contribution < -0.4 is 10.6 Å². The van der Waals surface area contributed by atoms with Crippen LogP contribution in [0.4, 0.5) is 4.79 Å². The lowest BCUT2D eigenvalue weighted by Gasteiger charge is -2.21. The Morgan fingerprint density at radius 3 is 2.15 bits per heavy atom. The van der Waals surface area contributed by atoms with E-state index in [0.29, 0.717) is 4.88 Å². The van der Waals surface area contributed by atoms with Gasteiger partial charge in [-0.1, -0.05) is 61.5 Å². The number of carboxylic acids is 1. The zero-order valence-corrected chi connectivity index (χ0v) is 18.8. The lowest BCUT2D eigenvalue weighted by molar-refractivity contribution is -0.142. The molecule has 0 fully saturated rings. The van der Waals surface area contributed by atoms with Crippen molar-refractivity contribution in [3.05, 3.63) is 82.0 Å². The van der Waals surface area contributed by atoms with Crippen molar-refractivity contribution in [3.63, 3.8) is 0 Å². The highest BCUT2D eigenvalue weighted by atomic mass is 32.1. The maximum Gasteiger partial charge on any atom is 0.408 e. The van der Waals surface area contributed by atoms with E-state index in [1.165, 1.54) is 11.3 Å². The Morgan fingerprint density at radius 2 is 1.61 bits per heavy atom. The zero-order valence-electron chi connectivity index (χ0n) is 18.0. The van der Waals surface area contributed by atoms with Crippen LogP contribution in [-0.4, -0.2) is 35.7 Å². The largest absolute Gasteiger partial charge is 0.480 e. The van der Waals surface area contributed by atoms with Crippen LogP contribution in [0, 0.1) is 0 Å². The molecule has 0 radical (unpaired) electrons. The van der Waals surface area contributed by atoms with Crippen molar-refractivity contribution >= 4 is 29.3 Å². The van der Waals surface area contributed by atoms with E-state index in [1.54, 1.807) is 24.4 Å². The monoisotopic (exact) mass is 464 g/mol. The van der Waals surface area contributed by atoms with E-state index in [2.05, 4.69) is 22.8 Å². The quantitative estimate of drug-likeness (QED) is 0.461. The first kappa shape index (κ1) is 22.5. The third-order valence-corrected chi connectivity index (χ3v) is 6.66. The molecule has 2 aromatic carbocycles. The fraction of sp³-hybridized carbons (Fsp3) is 0.240. The van der Waals surface area contributed by atoms with Gasteiger partial charge in [0.2, 0.25) is 5.91 Å². The molecule has 8 heteroatoms. The van der Waals surface area contributed by atoms with Gasteiger partial charge in [-0.2, -0.15) is 0 Å². The van der Waals surface area contributed by atoms with Crippen molar-refractivity contribution in [2.45, 2.75) is 31.3 Å². The van der Waals surface area contributed by atoms with Crippen molar-refractivity contribution in [1.29, 1.82) is 0 Å². The van der Waals surface area contributed by atoms with Crippen LogP contribution >= 0.6 is 11.3 Å². The number of rotatable bonds is 8. The highest BCUT2D eigenvalue weighted by molar-refractivity contribution is 7.10. The van der Waals surface area contributed by atoms with Gasteiger partial charge >= 0.3 is 12.1 Å². The maximum atomic E-state index is 12.8. The fourth-order valence-electron chi connectivity index (χ4n) is 4.07. The minimum atomic E-state index is -1.13. The van der Waals surface area contributed by atoms with Crippen molar-refractivity contribution in [3.8, 4) is 11.1 Å². The molecule has 4 rings (SSSR count). The molecule has 0 bridgehead atoms. The summed E-state index contributed by atoms with van der Waals surface area (Å²) in [5.41, 5.74) is 4.42. The number of benzene rings is 2. The Kier molecular flexibility index (Phi) is 6.74. The second kappa shape index (κ2) is 9.87. The highest BCUT2D eigenvalue weighted by Crippen LogP contribution is 2.44. The van der Waals surface area contributed by atoms with Crippen LogP contribution in [0.3, 0.4) is 0 Å². The molecule has 1 aromatic heterocycles. The van der Waals surface area contributed by atoms with Gasteiger partial charge in [0.1, 0.15) is 18.7 Å². The van der Waals surface area contributed by atoms with E-state index in [1.807, 2.05) is 36.4 Å². The molecule has 1 aliphatic carbocycles. The SMILES string of the molecule is CC[C@@H](NC(=O)C(NC(=O)OCC1c2ccccc2-c2ccccc21)c1cccs1)C(=O)O. The zero-order chi connectivity index (χ0) is 23.4. The summed E-state index contributed by atoms with van der Waals surface area (Å²) in [6, 6.07) is 17.4. The van der Waals surface area contributed by atoms with Crippen molar-refractivity contribution in [1.82, 2.24) is 10.6 Å². The van der Waals surface area contributed by atoms with Crippen LogP contribution in [0.25, 0.3) is 11.1 Å². The fourth-order valence-corrected chi connectivity index (χ4v) is 4.85. The maximum absolute atomic E-state index is 12.8. The lowest BCUT2D eigenvalue weighted by atomic mass is 9.98. The molecule has 2 atom stereocenters. The van der Waals surface area contributed by atoms with Gasteiger partial charge in [0.25, 0.3) is 0 Å². The van der Waals surface area contributed by atoms with Gasteiger partial charge in [-0.05, 0) is 40.1 Å². The Balaban J connectivity index is 1.46. The van der Waals surface area contributed by atoms with Crippen molar-refractivity contribution in [2.24, 2.45) is 0 Å². The first-order valence-electron chi connectivity index (χ1n) is 10.7. The molecule has 0 saturated carbocycles. The van der Waals surface area contributed by atoms with Gasteiger partial charge in [0.05, 0.1) is 0 Å². The van der Waals surface area contributed by atoms with Crippen molar-refractivity contribution < 1.29 is 24.2 Å². The first-order chi connectivity index (χ1) is 16.0. The number of nitrogens with one attached hydrogen (secondary N) is 2. The first-order valence-corrected chi connectivity index (χ1v) is 11.6. The third kappa shape index (κ3) is 4.75. The van der Waals surface area contributed by atoms with Crippen LogP contribution in [0.2, 0.25) is 0 Å². The summed E-state index contributed by atoms with van der Waals surface area (Å²) in [6.45, 7) is 1.78. The number of hydrogen-bond donors (Lipinski definition) is 3. The van der Waals surface area contributed by atoms with Gasteiger partial charge in [-0.15, -0.1) is 11.3 Å². The second-order valence-electron chi connectivity index (χ2n) is 7.73. The Bertz CT molecular complexity index is 1120. The lowest BCUT2D eigenvalue weighted by Crippen LogP contribution is -2.47. The number of aliphatic carboxylic acids is 1. The molecular weight excluding hydrogens is 440 g/mol. The van der Waals surface area contributed by atoms with Crippen LogP contribution in [0.15, 0.2) is 66.0 Å². The number of thiophene rings is 1. The normalized spacial score (nSPS) is 14.0. The summed E-state index contributed by atoms with van der Waals surface area (Å²) in [7, 11) is 0. The number of hydrogen-bond acceptors (Lipinski definition) is 5. The summed E-state index contributed by atoms with van der Waals surface area (Å²) in [6.07, 6.45) is -0.516. The molecule has 3 N–H and O–H groups in total. The smallest absolute Gasteiger partial charge is 0.408 e. The average Bonchev–Trinajstić information content (AvgIpc) is 3.46. The molecular formula is C25H24N2O5S. The molecule has 1 unspecified atom stereocenters. The molecule has 7 nitrogen and oxygen atoms in total. The van der Waals surface area contributed by atoms with Gasteiger partial charge < -0.3 is 20.5 Å². The standard InChI is InChI=1S/C25H24N2O5S/c1-2-20(24(29)30)26-23(28)22(21-12-7-13-33-21)27-25(31)32-14-19-17-10-5-3-8-15(17)16-9-4-6-11-18(16)19/h3-13,19-20,22H,2,14H2,1H3,(H,26,28)(H,27,31)(H,29,30)/t20-,22?/m1/s1. The summed E-state index contributed by atoms with van der Waals surface area (Å²) in [5, 5.41) is 16.1. The molecule has 33 heavy (non-hydrogen) atoms. The highest BCUT2D eigenvalue weighted by Gasteiger charge is 2.31. The van der Waals surface area contributed by atoms with E-state index >= 15 is 0 Å². The summed E-state index contributed by atoms with van der Waals surface area (Å²) < 4.78 is 5.56.